The Morgan fingerprint density at radius 3 is 2.83 bits per heavy atom. The fourth-order valence-electron chi connectivity index (χ4n) is 3.19. The minimum atomic E-state index is -0.235. The van der Waals surface area contributed by atoms with Crippen molar-refractivity contribution in [3.8, 4) is 5.75 Å². The van der Waals surface area contributed by atoms with E-state index in [1.165, 1.54) is 0 Å². The van der Waals surface area contributed by atoms with Gasteiger partial charge in [0.1, 0.15) is 11.4 Å². The molecule has 4 N–H and O–H groups in total. The van der Waals surface area contributed by atoms with Crippen LogP contribution in [0.25, 0.3) is 10.9 Å². The largest absolute Gasteiger partial charge is 0.493 e. The molecule has 0 saturated carbocycles. The Bertz CT molecular complexity index is 782. The van der Waals surface area contributed by atoms with E-state index in [2.05, 4.69) is 20.9 Å². The highest BCUT2D eigenvalue weighted by Crippen LogP contribution is 2.35. The van der Waals surface area contributed by atoms with Crippen molar-refractivity contribution in [2.75, 3.05) is 27.2 Å². The van der Waals surface area contributed by atoms with Crippen molar-refractivity contribution in [1.82, 2.24) is 20.9 Å². The maximum absolute atomic E-state index is 12.3. The second-order valence-corrected chi connectivity index (χ2v) is 5.73. The molecule has 2 aromatic rings. The van der Waals surface area contributed by atoms with Gasteiger partial charge in [-0.15, -0.1) is 0 Å². The number of aromatic amines is 1. The van der Waals surface area contributed by atoms with E-state index in [9.17, 15) is 9.59 Å². The van der Waals surface area contributed by atoms with Crippen LogP contribution in [0.4, 0.5) is 4.79 Å². The third-order valence-electron chi connectivity index (χ3n) is 4.30. The number of benzene rings is 1. The van der Waals surface area contributed by atoms with Gasteiger partial charge < -0.3 is 25.7 Å². The van der Waals surface area contributed by atoms with Gasteiger partial charge in [0, 0.05) is 37.1 Å². The van der Waals surface area contributed by atoms with Crippen molar-refractivity contribution in [3.05, 3.63) is 29.0 Å². The molecule has 2 heterocycles. The van der Waals surface area contributed by atoms with Gasteiger partial charge >= 0.3 is 6.03 Å². The van der Waals surface area contributed by atoms with Gasteiger partial charge in [-0.1, -0.05) is 0 Å². The molecule has 0 bridgehead atoms. The van der Waals surface area contributed by atoms with E-state index >= 15 is 0 Å². The summed E-state index contributed by atoms with van der Waals surface area (Å²) >= 11 is 0. The van der Waals surface area contributed by atoms with E-state index in [0.29, 0.717) is 18.7 Å². The first-order valence-electron chi connectivity index (χ1n) is 8.12. The molecule has 24 heavy (non-hydrogen) atoms. The van der Waals surface area contributed by atoms with Crippen LogP contribution in [0, 0.1) is 0 Å². The smallest absolute Gasteiger partial charge is 0.314 e. The van der Waals surface area contributed by atoms with Crippen LogP contribution in [-0.4, -0.2) is 44.2 Å². The van der Waals surface area contributed by atoms with E-state index in [-0.39, 0.29) is 11.9 Å². The number of ether oxygens (including phenoxy) is 1. The molecule has 0 fully saturated rings. The van der Waals surface area contributed by atoms with Crippen molar-refractivity contribution in [2.24, 2.45) is 0 Å². The average Bonchev–Trinajstić information content (AvgIpc) is 3.00. The van der Waals surface area contributed by atoms with Gasteiger partial charge in [-0.2, -0.15) is 0 Å². The maximum atomic E-state index is 12.3. The number of hydrogen-bond donors (Lipinski definition) is 4. The zero-order valence-electron chi connectivity index (χ0n) is 13.9. The lowest BCUT2D eigenvalue weighted by Gasteiger charge is -2.18. The Hall–Kier alpha value is -2.70. The van der Waals surface area contributed by atoms with Gasteiger partial charge in [0.15, 0.2) is 0 Å². The zero-order valence-corrected chi connectivity index (χ0v) is 13.9. The van der Waals surface area contributed by atoms with Gasteiger partial charge in [-0.25, -0.2) is 4.79 Å². The highest BCUT2D eigenvalue weighted by atomic mass is 16.5. The van der Waals surface area contributed by atoms with Crippen LogP contribution in [0.5, 0.6) is 5.75 Å². The Morgan fingerprint density at radius 1 is 1.25 bits per heavy atom. The Labute approximate surface area is 140 Å². The van der Waals surface area contributed by atoms with E-state index < -0.39 is 0 Å². The molecule has 3 amide bonds. The summed E-state index contributed by atoms with van der Waals surface area (Å²) in [5.74, 6) is 0.725. The quantitative estimate of drug-likeness (QED) is 0.681. The molecule has 7 heteroatoms. The molecule has 1 aromatic carbocycles. The van der Waals surface area contributed by atoms with Crippen molar-refractivity contribution in [2.45, 2.75) is 19.3 Å². The first kappa shape index (κ1) is 16.2. The minimum Gasteiger partial charge on any atom is -0.493 e. The lowest BCUT2D eigenvalue weighted by molar-refractivity contribution is 0.0958. The highest BCUT2D eigenvalue weighted by molar-refractivity contribution is 6.02. The van der Waals surface area contributed by atoms with Crippen LogP contribution in [0.3, 0.4) is 0 Å². The number of rotatable bonds is 4. The number of hydrogen-bond acceptors (Lipinski definition) is 3. The second kappa shape index (κ2) is 6.82. The first-order chi connectivity index (χ1) is 11.7. The van der Waals surface area contributed by atoms with Gasteiger partial charge in [0.2, 0.25) is 0 Å². The van der Waals surface area contributed by atoms with Crippen LogP contribution >= 0.6 is 0 Å². The van der Waals surface area contributed by atoms with Gasteiger partial charge in [-0.3, -0.25) is 4.79 Å². The third kappa shape index (κ3) is 2.89. The number of urea groups is 1. The summed E-state index contributed by atoms with van der Waals surface area (Å²) in [6.45, 7) is 1.17. The molecule has 1 aliphatic heterocycles. The van der Waals surface area contributed by atoms with Crippen LogP contribution in [0.1, 0.15) is 28.0 Å². The number of amides is 3. The Balaban J connectivity index is 2.04. The Kier molecular flexibility index (Phi) is 4.59. The Morgan fingerprint density at radius 2 is 2.08 bits per heavy atom. The molecule has 7 nitrogen and oxygen atoms in total. The fraction of sp³-hybridized carbons (Fsp3) is 0.412. The standard InChI is InChI=1S/C17H22N4O3/c1-18-16(22)15-11(7-8-20-17(23)19-2)14-10-4-3-9-24-13(10)6-5-12(14)21-15/h5-6,21H,3-4,7-9H2,1-2H3,(H,18,22)(H2,19,20,23). The molecule has 128 valence electrons. The molecule has 0 saturated heterocycles. The van der Waals surface area contributed by atoms with Gasteiger partial charge in [0.05, 0.1) is 6.61 Å². The monoisotopic (exact) mass is 330 g/mol. The van der Waals surface area contributed by atoms with E-state index in [4.69, 9.17) is 4.74 Å². The number of aryl methyl sites for hydroxylation is 1. The van der Waals surface area contributed by atoms with Crippen molar-refractivity contribution >= 4 is 22.8 Å². The fourth-order valence-corrected chi connectivity index (χ4v) is 3.19. The molecule has 0 radical (unpaired) electrons. The van der Waals surface area contributed by atoms with Crippen molar-refractivity contribution in [1.29, 1.82) is 0 Å². The second-order valence-electron chi connectivity index (χ2n) is 5.73. The summed E-state index contributed by atoms with van der Waals surface area (Å²) < 4.78 is 5.75. The molecule has 0 aliphatic carbocycles. The average molecular weight is 330 g/mol. The summed E-state index contributed by atoms with van der Waals surface area (Å²) in [5.41, 5.74) is 3.53. The van der Waals surface area contributed by atoms with Crippen LogP contribution in [0.15, 0.2) is 12.1 Å². The maximum Gasteiger partial charge on any atom is 0.314 e. The van der Waals surface area contributed by atoms with E-state index in [0.717, 1.165) is 47.2 Å². The lowest BCUT2D eigenvalue weighted by Crippen LogP contribution is -2.34. The summed E-state index contributed by atoms with van der Waals surface area (Å²) in [4.78, 5) is 26.9. The molecule has 1 aliphatic rings. The molecule has 1 aromatic heterocycles. The zero-order chi connectivity index (χ0) is 17.1. The van der Waals surface area contributed by atoms with Gasteiger partial charge in [0.25, 0.3) is 5.91 Å². The third-order valence-corrected chi connectivity index (χ3v) is 4.30. The lowest BCUT2D eigenvalue weighted by atomic mass is 9.97. The predicted molar refractivity (Wildman–Crippen MR) is 91.7 cm³/mol. The number of nitrogens with one attached hydrogen (secondary N) is 4. The number of carbonyl (C=O) groups is 2. The van der Waals surface area contributed by atoms with Gasteiger partial charge in [-0.05, 0) is 37.0 Å². The summed E-state index contributed by atoms with van der Waals surface area (Å²) in [5, 5.41) is 9.01. The highest BCUT2D eigenvalue weighted by Gasteiger charge is 2.22. The van der Waals surface area contributed by atoms with Crippen molar-refractivity contribution in [3.63, 3.8) is 0 Å². The van der Waals surface area contributed by atoms with Crippen LogP contribution in [-0.2, 0) is 12.8 Å². The summed E-state index contributed by atoms with van der Waals surface area (Å²) in [6.07, 6.45) is 2.45. The molecule has 0 atom stereocenters. The number of aromatic nitrogens is 1. The molecular weight excluding hydrogens is 308 g/mol. The number of carbonyl (C=O) groups excluding carboxylic acids is 2. The topological polar surface area (TPSA) is 95.3 Å². The minimum absolute atomic E-state index is 0.161. The normalized spacial score (nSPS) is 13.1. The van der Waals surface area contributed by atoms with Crippen LogP contribution < -0.4 is 20.7 Å². The summed E-state index contributed by atoms with van der Waals surface area (Å²) in [7, 11) is 3.18. The van der Waals surface area contributed by atoms with E-state index in [1.54, 1.807) is 14.1 Å². The number of H-pyrrole nitrogens is 1. The molecule has 3 rings (SSSR count). The molecular formula is C17H22N4O3. The molecule has 0 unspecified atom stereocenters. The first-order valence-corrected chi connectivity index (χ1v) is 8.12. The van der Waals surface area contributed by atoms with Crippen LogP contribution in [0.2, 0.25) is 0 Å². The van der Waals surface area contributed by atoms with Crippen molar-refractivity contribution < 1.29 is 14.3 Å². The molecule has 0 spiro atoms. The summed E-state index contributed by atoms with van der Waals surface area (Å²) in [6, 6.07) is 3.66. The van der Waals surface area contributed by atoms with E-state index in [1.807, 2.05) is 12.1 Å². The predicted octanol–water partition coefficient (Wildman–Crippen LogP) is 1.32. The SMILES string of the molecule is CNC(=O)NCCc1c(C(=O)NC)[nH]c2ccc3c(c12)CCCO3. The number of fused-ring (bicyclic) bond motifs is 3.